The Kier molecular flexibility index (Phi) is 3.56. The van der Waals surface area contributed by atoms with E-state index in [-0.39, 0.29) is 0 Å². The van der Waals surface area contributed by atoms with Crippen molar-refractivity contribution in [2.75, 3.05) is 6.61 Å². The van der Waals surface area contributed by atoms with Crippen molar-refractivity contribution >= 4 is 22.6 Å². The normalized spacial score (nSPS) is 15.1. The number of benzene rings is 1. The Balaban J connectivity index is 3.45. The molecule has 1 unspecified atom stereocenters. The van der Waals surface area contributed by atoms with E-state index in [0.29, 0.717) is 6.07 Å². The maximum atomic E-state index is 13.1. The topological polar surface area (TPSA) is 40.5 Å². The Labute approximate surface area is 95.7 Å². The third-order valence-electron chi connectivity index (χ3n) is 1.72. The molecule has 0 saturated heterocycles. The Hall–Kier alpha value is -0.410. The van der Waals surface area contributed by atoms with Gasteiger partial charge >= 0.3 is 0 Å². The van der Waals surface area contributed by atoms with Gasteiger partial charge in [0.25, 0.3) is 0 Å². The monoisotopic (exact) mass is 336 g/mol. The number of hydrogen-bond acceptors (Lipinski definition) is 2. The molecular weight excluding hydrogens is 331 g/mol. The molecule has 15 heavy (non-hydrogen) atoms. The van der Waals surface area contributed by atoms with Gasteiger partial charge in [-0.3, -0.25) is 0 Å². The van der Waals surface area contributed by atoms with Crippen molar-refractivity contribution in [3.8, 4) is 0 Å². The van der Waals surface area contributed by atoms with Crippen LogP contribution in [0.1, 0.15) is 5.56 Å². The van der Waals surface area contributed by atoms with E-state index in [2.05, 4.69) is 0 Å². The second-order valence-electron chi connectivity index (χ2n) is 2.77. The fourth-order valence-electron chi connectivity index (χ4n) is 0.937. The van der Waals surface area contributed by atoms with E-state index in [9.17, 15) is 22.7 Å². The first-order valence-corrected chi connectivity index (χ1v) is 4.74. The van der Waals surface area contributed by atoms with Gasteiger partial charge in [0.05, 0.1) is 6.61 Å². The first-order chi connectivity index (χ1) is 6.81. The summed E-state index contributed by atoms with van der Waals surface area (Å²) in [6, 6.07) is 0.302. The van der Waals surface area contributed by atoms with Crippen LogP contribution >= 0.6 is 22.6 Å². The Morgan fingerprint density at radius 3 is 2.13 bits per heavy atom. The van der Waals surface area contributed by atoms with Crippen LogP contribution in [0.5, 0.6) is 0 Å². The summed E-state index contributed by atoms with van der Waals surface area (Å²) in [4.78, 5) is 0. The highest BCUT2D eigenvalue weighted by atomic mass is 127. The van der Waals surface area contributed by atoms with Crippen molar-refractivity contribution in [2.24, 2.45) is 0 Å². The zero-order valence-corrected chi connectivity index (χ0v) is 9.23. The van der Waals surface area contributed by atoms with E-state index in [1.807, 2.05) is 0 Å². The maximum Gasteiger partial charge on any atom is 0.197 e. The molecule has 0 fully saturated rings. The number of aliphatic hydroxyl groups is 2. The van der Waals surface area contributed by atoms with Crippen LogP contribution in [0.25, 0.3) is 0 Å². The minimum Gasteiger partial charge on any atom is -0.392 e. The minimum absolute atomic E-state index is 0.302. The van der Waals surface area contributed by atoms with Crippen LogP contribution in [-0.4, -0.2) is 16.8 Å². The van der Waals surface area contributed by atoms with Gasteiger partial charge in [0.2, 0.25) is 0 Å². The number of hydrogen-bond donors (Lipinski definition) is 2. The predicted molar refractivity (Wildman–Crippen MR) is 51.3 cm³/mol. The average Bonchev–Trinajstić information content (AvgIpc) is 2.20. The molecule has 0 heterocycles. The van der Waals surface area contributed by atoms with E-state index < -0.39 is 39.0 Å². The van der Waals surface area contributed by atoms with Gasteiger partial charge in [-0.2, -0.15) is 0 Å². The van der Waals surface area contributed by atoms with Gasteiger partial charge in [0.15, 0.2) is 26.9 Å². The van der Waals surface area contributed by atoms with Gasteiger partial charge in [-0.25, -0.2) is 17.6 Å². The van der Waals surface area contributed by atoms with Gasteiger partial charge in [-0.1, -0.05) is 0 Å². The second kappa shape index (κ2) is 4.22. The van der Waals surface area contributed by atoms with Gasteiger partial charge in [-0.15, -0.1) is 0 Å². The van der Waals surface area contributed by atoms with Gasteiger partial charge in [0, 0.05) is 5.56 Å². The molecule has 1 aromatic rings. The van der Waals surface area contributed by atoms with Crippen LogP contribution in [0.15, 0.2) is 6.07 Å². The molecule has 0 bridgehead atoms. The quantitative estimate of drug-likeness (QED) is 0.284. The zero-order valence-electron chi connectivity index (χ0n) is 7.07. The summed E-state index contributed by atoms with van der Waals surface area (Å²) in [5.74, 6) is -7.33. The lowest BCUT2D eigenvalue weighted by Crippen LogP contribution is -2.24. The number of rotatable bonds is 2. The Bertz CT molecular complexity index is 395. The first kappa shape index (κ1) is 12.7. The summed E-state index contributed by atoms with van der Waals surface area (Å²) in [6.07, 6.45) is 0. The number of alkyl halides is 1. The van der Waals surface area contributed by atoms with Crippen molar-refractivity contribution < 1.29 is 27.8 Å². The SMILES string of the molecule is OCC(O)(I)c1cc(F)c(F)c(F)c1F. The largest absolute Gasteiger partial charge is 0.392 e. The highest BCUT2D eigenvalue weighted by molar-refractivity contribution is 14.1. The van der Waals surface area contributed by atoms with Crippen LogP contribution in [0, 0.1) is 23.3 Å². The highest BCUT2D eigenvalue weighted by Gasteiger charge is 2.32. The molecule has 2 nitrogen and oxygen atoms in total. The van der Waals surface area contributed by atoms with E-state index in [0.717, 1.165) is 0 Å². The van der Waals surface area contributed by atoms with E-state index in [1.165, 1.54) is 22.6 Å². The van der Waals surface area contributed by atoms with Gasteiger partial charge in [0.1, 0.15) is 0 Å². The molecule has 0 aliphatic rings. The van der Waals surface area contributed by atoms with Crippen LogP contribution in [-0.2, 0) is 3.61 Å². The smallest absolute Gasteiger partial charge is 0.197 e. The summed E-state index contributed by atoms with van der Waals surface area (Å²) in [6.45, 7) is -0.963. The minimum atomic E-state index is -2.20. The maximum absolute atomic E-state index is 13.1. The van der Waals surface area contributed by atoms with Crippen molar-refractivity contribution in [2.45, 2.75) is 3.61 Å². The lowest BCUT2D eigenvalue weighted by Gasteiger charge is -2.19. The van der Waals surface area contributed by atoms with E-state index >= 15 is 0 Å². The highest BCUT2D eigenvalue weighted by Crippen LogP contribution is 2.32. The summed E-state index contributed by atoms with van der Waals surface area (Å²) in [5.41, 5.74) is -0.845. The molecule has 0 aromatic heterocycles. The van der Waals surface area contributed by atoms with E-state index in [4.69, 9.17) is 5.11 Å². The molecule has 1 rings (SSSR count). The molecule has 0 saturated carbocycles. The third kappa shape index (κ3) is 2.23. The molecule has 1 atom stereocenters. The predicted octanol–water partition coefficient (Wildman–Crippen LogP) is 1.82. The third-order valence-corrected chi connectivity index (χ3v) is 2.65. The first-order valence-electron chi connectivity index (χ1n) is 3.67. The fraction of sp³-hybridized carbons (Fsp3) is 0.250. The molecule has 2 N–H and O–H groups in total. The Morgan fingerprint density at radius 1 is 1.13 bits per heavy atom. The fourth-order valence-corrected chi connectivity index (χ4v) is 1.33. The standard InChI is InChI=1S/C8H5F4IO2/c9-4-1-3(8(13,15)2-14)5(10)7(12)6(4)11/h1,14-15H,2H2. The molecule has 84 valence electrons. The summed E-state index contributed by atoms with van der Waals surface area (Å²) < 4.78 is 48.8. The van der Waals surface area contributed by atoms with Crippen molar-refractivity contribution in [3.63, 3.8) is 0 Å². The summed E-state index contributed by atoms with van der Waals surface area (Å²) in [5, 5.41) is 18.0. The van der Waals surface area contributed by atoms with Crippen molar-refractivity contribution in [3.05, 3.63) is 34.9 Å². The summed E-state index contributed by atoms with van der Waals surface area (Å²) >= 11 is 1.19. The molecular formula is C8H5F4IO2. The van der Waals surface area contributed by atoms with Crippen LogP contribution in [0.3, 0.4) is 0 Å². The van der Waals surface area contributed by atoms with Crippen LogP contribution < -0.4 is 0 Å². The van der Waals surface area contributed by atoms with Crippen LogP contribution in [0.2, 0.25) is 0 Å². The van der Waals surface area contributed by atoms with Crippen molar-refractivity contribution in [1.82, 2.24) is 0 Å². The molecule has 0 amide bonds. The lowest BCUT2D eigenvalue weighted by molar-refractivity contribution is 0.0746. The van der Waals surface area contributed by atoms with Crippen LogP contribution in [0.4, 0.5) is 17.6 Å². The molecule has 0 spiro atoms. The van der Waals surface area contributed by atoms with Gasteiger partial charge < -0.3 is 10.2 Å². The Morgan fingerprint density at radius 2 is 1.67 bits per heavy atom. The molecule has 0 aliphatic heterocycles. The van der Waals surface area contributed by atoms with E-state index in [1.54, 1.807) is 0 Å². The zero-order chi connectivity index (χ0) is 11.8. The number of aliphatic hydroxyl groups excluding tert-OH is 1. The molecule has 7 heteroatoms. The molecule has 0 radical (unpaired) electrons. The second-order valence-corrected chi connectivity index (χ2v) is 4.55. The lowest BCUT2D eigenvalue weighted by atomic mass is 10.1. The molecule has 1 aromatic carbocycles. The molecule has 0 aliphatic carbocycles. The van der Waals surface area contributed by atoms with Crippen molar-refractivity contribution in [1.29, 1.82) is 0 Å². The summed E-state index contributed by atoms with van der Waals surface area (Å²) in [7, 11) is 0. The number of halogens is 5. The average molecular weight is 336 g/mol. The van der Waals surface area contributed by atoms with Gasteiger partial charge in [-0.05, 0) is 28.7 Å².